The van der Waals surface area contributed by atoms with Crippen LogP contribution in [-0.2, 0) is 21.2 Å². The Morgan fingerprint density at radius 3 is 2.33 bits per heavy atom. The molecule has 0 radical (unpaired) electrons. The van der Waals surface area contributed by atoms with E-state index in [1.54, 1.807) is 54.6 Å². The zero-order chi connectivity index (χ0) is 21.6. The van der Waals surface area contributed by atoms with E-state index in [1.807, 2.05) is 0 Å². The molecule has 0 spiro atoms. The fourth-order valence-corrected chi connectivity index (χ4v) is 4.67. The van der Waals surface area contributed by atoms with Crippen molar-refractivity contribution in [2.24, 2.45) is 0 Å². The Kier molecular flexibility index (Phi) is 7.23. The van der Waals surface area contributed by atoms with Gasteiger partial charge in [-0.1, -0.05) is 52.3 Å². The number of sulfonamides is 1. The van der Waals surface area contributed by atoms with E-state index in [2.05, 4.69) is 21.2 Å². The average molecular weight is 491 g/mol. The number of anilines is 1. The van der Waals surface area contributed by atoms with Gasteiger partial charge in [0.1, 0.15) is 12.4 Å². The fraction of sp³-hybridized carbons (Fsp3) is 0.136. The second-order valence-electron chi connectivity index (χ2n) is 6.53. The van der Waals surface area contributed by atoms with E-state index >= 15 is 0 Å². The van der Waals surface area contributed by atoms with Crippen LogP contribution in [0, 0.1) is 5.82 Å². The summed E-state index contributed by atoms with van der Waals surface area (Å²) in [6.07, 6.45) is 0.508. The highest BCUT2D eigenvalue weighted by Crippen LogP contribution is 2.26. The first-order valence-corrected chi connectivity index (χ1v) is 11.4. The number of hydrogen-bond acceptors (Lipinski definition) is 3. The second kappa shape index (κ2) is 9.86. The number of rotatable bonds is 8. The van der Waals surface area contributed by atoms with Crippen molar-refractivity contribution in [1.82, 2.24) is 5.32 Å². The smallest absolute Gasteiger partial charge is 0.264 e. The largest absolute Gasteiger partial charge is 0.354 e. The van der Waals surface area contributed by atoms with Gasteiger partial charge in [0.25, 0.3) is 10.0 Å². The number of amides is 1. The van der Waals surface area contributed by atoms with Gasteiger partial charge < -0.3 is 5.32 Å². The monoisotopic (exact) mass is 490 g/mol. The summed E-state index contributed by atoms with van der Waals surface area (Å²) in [6.45, 7) is -0.0563. The van der Waals surface area contributed by atoms with Crippen molar-refractivity contribution in [2.75, 3.05) is 17.4 Å². The molecule has 30 heavy (non-hydrogen) atoms. The SMILES string of the molecule is O=C(CN(c1cccc(Br)c1)S(=O)(=O)c1ccccc1)NCCc1ccc(F)cc1. The van der Waals surface area contributed by atoms with Crippen LogP contribution >= 0.6 is 15.9 Å². The summed E-state index contributed by atoms with van der Waals surface area (Å²) in [5.41, 5.74) is 1.25. The van der Waals surface area contributed by atoms with Crippen LogP contribution in [0.1, 0.15) is 5.56 Å². The van der Waals surface area contributed by atoms with Crippen LogP contribution in [0.15, 0.2) is 88.2 Å². The molecule has 3 aromatic carbocycles. The maximum atomic E-state index is 13.2. The Balaban J connectivity index is 1.75. The van der Waals surface area contributed by atoms with Gasteiger partial charge in [0.2, 0.25) is 5.91 Å². The molecule has 0 aromatic heterocycles. The van der Waals surface area contributed by atoms with Crippen molar-refractivity contribution in [3.63, 3.8) is 0 Å². The van der Waals surface area contributed by atoms with Crippen LogP contribution in [0.3, 0.4) is 0 Å². The van der Waals surface area contributed by atoms with Crippen molar-refractivity contribution < 1.29 is 17.6 Å². The van der Waals surface area contributed by atoms with Crippen LogP contribution in [0.2, 0.25) is 0 Å². The zero-order valence-electron chi connectivity index (χ0n) is 16.0. The fourth-order valence-electron chi connectivity index (χ4n) is 2.85. The van der Waals surface area contributed by atoms with Crippen LogP contribution in [0.25, 0.3) is 0 Å². The van der Waals surface area contributed by atoms with E-state index in [1.165, 1.54) is 24.3 Å². The Morgan fingerprint density at radius 1 is 0.967 bits per heavy atom. The minimum absolute atomic E-state index is 0.101. The van der Waals surface area contributed by atoms with E-state index in [-0.39, 0.29) is 17.3 Å². The summed E-state index contributed by atoms with van der Waals surface area (Å²) in [5, 5.41) is 2.73. The van der Waals surface area contributed by atoms with Gasteiger partial charge in [-0.05, 0) is 54.4 Å². The predicted molar refractivity (Wildman–Crippen MR) is 118 cm³/mol. The third kappa shape index (κ3) is 5.67. The van der Waals surface area contributed by atoms with Crippen molar-refractivity contribution in [3.8, 4) is 0 Å². The lowest BCUT2D eigenvalue weighted by Gasteiger charge is -2.24. The molecule has 0 aliphatic rings. The number of carbonyl (C=O) groups is 1. The van der Waals surface area contributed by atoms with Gasteiger partial charge >= 0.3 is 0 Å². The molecule has 0 heterocycles. The molecule has 5 nitrogen and oxygen atoms in total. The average Bonchev–Trinajstić information content (AvgIpc) is 2.74. The molecule has 0 unspecified atom stereocenters. The highest BCUT2D eigenvalue weighted by Gasteiger charge is 2.27. The predicted octanol–water partition coefficient (Wildman–Crippen LogP) is 4.14. The molecular weight excluding hydrogens is 471 g/mol. The first-order chi connectivity index (χ1) is 14.4. The normalized spacial score (nSPS) is 11.1. The molecule has 1 N–H and O–H groups in total. The second-order valence-corrected chi connectivity index (χ2v) is 9.31. The maximum absolute atomic E-state index is 13.2. The summed E-state index contributed by atoms with van der Waals surface area (Å²) in [6, 6.07) is 20.8. The van der Waals surface area contributed by atoms with Gasteiger partial charge in [-0.15, -0.1) is 0 Å². The Morgan fingerprint density at radius 2 is 1.67 bits per heavy atom. The summed E-state index contributed by atoms with van der Waals surface area (Å²) >= 11 is 3.34. The third-order valence-corrected chi connectivity index (χ3v) is 6.65. The number of hydrogen-bond donors (Lipinski definition) is 1. The number of carbonyl (C=O) groups excluding carboxylic acids is 1. The lowest BCUT2D eigenvalue weighted by molar-refractivity contribution is -0.119. The third-order valence-electron chi connectivity index (χ3n) is 4.36. The van der Waals surface area contributed by atoms with E-state index < -0.39 is 15.9 Å². The van der Waals surface area contributed by atoms with Crippen molar-refractivity contribution in [3.05, 3.63) is 94.7 Å². The molecule has 0 atom stereocenters. The number of benzene rings is 3. The summed E-state index contributed by atoms with van der Waals surface area (Å²) < 4.78 is 41.2. The standard InChI is InChI=1S/C22H20BrFN2O3S/c23-18-5-4-6-20(15-18)26(30(28,29)21-7-2-1-3-8-21)16-22(27)25-14-13-17-9-11-19(24)12-10-17/h1-12,15H,13-14,16H2,(H,25,27). The van der Waals surface area contributed by atoms with Crippen molar-refractivity contribution in [2.45, 2.75) is 11.3 Å². The number of halogens is 2. The minimum atomic E-state index is -3.94. The molecule has 156 valence electrons. The van der Waals surface area contributed by atoms with Crippen LogP contribution in [-0.4, -0.2) is 27.4 Å². The van der Waals surface area contributed by atoms with Crippen LogP contribution in [0.5, 0.6) is 0 Å². The first-order valence-electron chi connectivity index (χ1n) is 9.21. The number of nitrogens with zero attached hydrogens (tertiary/aromatic N) is 1. The first kappa shape index (κ1) is 22.0. The van der Waals surface area contributed by atoms with Crippen molar-refractivity contribution in [1.29, 1.82) is 0 Å². The quantitative estimate of drug-likeness (QED) is 0.515. The molecule has 0 aliphatic heterocycles. The molecule has 1 amide bonds. The molecule has 0 saturated heterocycles. The van der Waals surface area contributed by atoms with Crippen molar-refractivity contribution >= 4 is 37.5 Å². The van der Waals surface area contributed by atoms with Crippen LogP contribution in [0.4, 0.5) is 10.1 Å². The highest BCUT2D eigenvalue weighted by atomic mass is 79.9. The van der Waals surface area contributed by atoms with Gasteiger partial charge in [0.05, 0.1) is 10.6 Å². The lowest BCUT2D eigenvalue weighted by atomic mass is 10.1. The molecule has 0 saturated carbocycles. The summed E-state index contributed by atoms with van der Waals surface area (Å²) in [4.78, 5) is 12.6. The Labute approximate surface area is 183 Å². The van der Waals surface area contributed by atoms with E-state index in [9.17, 15) is 17.6 Å². The molecule has 0 aliphatic carbocycles. The summed E-state index contributed by atoms with van der Waals surface area (Å²) in [5.74, 6) is -0.754. The van der Waals surface area contributed by atoms with Gasteiger partial charge in [0.15, 0.2) is 0 Å². The van der Waals surface area contributed by atoms with E-state index in [0.29, 0.717) is 23.1 Å². The summed E-state index contributed by atoms with van der Waals surface area (Å²) in [7, 11) is -3.94. The van der Waals surface area contributed by atoms with E-state index in [0.717, 1.165) is 9.87 Å². The topological polar surface area (TPSA) is 66.5 Å². The molecule has 0 bridgehead atoms. The Bertz CT molecular complexity index is 1110. The zero-order valence-corrected chi connectivity index (χ0v) is 18.4. The highest BCUT2D eigenvalue weighted by molar-refractivity contribution is 9.10. The molecule has 3 aromatic rings. The van der Waals surface area contributed by atoms with Gasteiger partial charge in [-0.25, -0.2) is 12.8 Å². The van der Waals surface area contributed by atoms with E-state index in [4.69, 9.17) is 0 Å². The molecule has 0 fully saturated rings. The minimum Gasteiger partial charge on any atom is -0.354 e. The molecular formula is C22H20BrFN2O3S. The molecule has 8 heteroatoms. The van der Waals surface area contributed by atoms with Gasteiger partial charge in [0, 0.05) is 11.0 Å². The molecule has 3 rings (SSSR count). The maximum Gasteiger partial charge on any atom is 0.264 e. The van der Waals surface area contributed by atoms with Gasteiger partial charge in [-0.3, -0.25) is 9.10 Å². The number of nitrogens with one attached hydrogen (secondary N) is 1. The van der Waals surface area contributed by atoms with Crippen LogP contribution < -0.4 is 9.62 Å². The van der Waals surface area contributed by atoms with Gasteiger partial charge in [-0.2, -0.15) is 0 Å². The lowest BCUT2D eigenvalue weighted by Crippen LogP contribution is -2.41. The Hall–Kier alpha value is -2.71.